The lowest BCUT2D eigenvalue weighted by Crippen LogP contribution is -2.28. The summed E-state index contributed by atoms with van der Waals surface area (Å²) in [4.78, 5) is 11.9. The van der Waals surface area contributed by atoms with Gasteiger partial charge in [0.2, 0.25) is 5.91 Å². The fraction of sp³-hybridized carbons (Fsp3) is 0.167. The van der Waals surface area contributed by atoms with Crippen molar-refractivity contribution < 1.29 is 4.79 Å². The zero-order valence-electron chi connectivity index (χ0n) is 13.2. The Balaban J connectivity index is 0.00000127. The lowest BCUT2D eigenvalue weighted by atomic mass is 9.97. The summed E-state index contributed by atoms with van der Waals surface area (Å²) in [7, 11) is 0. The predicted octanol–water partition coefficient (Wildman–Crippen LogP) is 4.88. The average Bonchev–Trinajstić information content (AvgIpc) is 2.50. The highest BCUT2D eigenvalue weighted by Gasteiger charge is 2.13. The first-order valence-corrected chi connectivity index (χ1v) is 8.42. The van der Waals surface area contributed by atoms with Gasteiger partial charge in [-0.05, 0) is 34.9 Å². The number of carbonyl (C=O) groups excluding carboxylic acids is 1. The molecule has 0 bridgehead atoms. The Morgan fingerprint density at radius 1 is 1.26 bits per heavy atom. The van der Waals surface area contributed by atoms with Crippen LogP contribution in [0.25, 0.3) is 11.1 Å². The van der Waals surface area contributed by atoms with E-state index in [2.05, 4.69) is 27.8 Å². The molecule has 2 rings (SSSR count). The Labute approximate surface area is 150 Å². The van der Waals surface area contributed by atoms with Crippen LogP contribution in [0.1, 0.15) is 19.4 Å². The molecular formula is C18H20BrClN2O. The number of hydrogen-bond donors (Lipinski definition) is 2. The van der Waals surface area contributed by atoms with E-state index in [1.54, 1.807) is 0 Å². The number of nitrogens with two attached hydrogens (primary N) is 1. The van der Waals surface area contributed by atoms with Crippen molar-refractivity contribution in [2.24, 2.45) is 5.73 Å². The fourth-order valence-electron chi connectivity index (χ4n) is 2.05. The lowest BCUT2D eigenvalue weighted by Gasteiger charge is -2.12. The summed E-state index contributed by atoms with van der Waals surface area (Å²) in [5.74, 6) is -0.0750. The number of amides is 1. The van der Waals surface area contributed by atoms with Crippen molar-refractivity contribution in [1.82, 2.24) is 5.32 Å². The summed E-state index contributed by atoms with van der Waals surface area (Å²) >= 11 is 9.53. The Morgan fingerprint density at radius 3 is 2.52 bits per heavy atom. The van der Waals surface area contributed by atoms with E-state index in [4.69, 9.17) is 17.3 Å². The molecule has 0 aliphatic rings. The van der Waals surface area contributed by atoms with Crippen molar-refractivity contribution in [2.75, 3.05) is 0 Å². The predicted molar refractivity (Wildman–Crippen MR) is 101 cm³/mol. The van der Waals surface area contributed by atoms with Gasteiger partial charge >= 0.3 is 0 Å². The first-order chi connectivity index (χ1) is 11.0. The van der Waals surface area contributed by atoms with Gasteiger partial charge in [-0.15, -0.1) is 0 Å². The van der Waals surface area contributed by atoms with Crippen LogP contribution in [0.15, 0.2) is 59.3 Å². The van der Waals surface area contributed by atoms with Gasteiger partial charge in [-0.2, -0.15) is 0 Å². The normalized spacial score (nSPS) is 9.57. The Kier molecular flexibility index (Phi) is 7.86. The number of halogens is 2. The summed E-state index contributed by atoms with van der Waals surface area (Å²) in [5, 5.41) is 3.16. The summed E-state index contributed by atoms with van der Waals surface area (Å²) in [6.45, 7) is 7.47. The largest absolute Gasteiger partial charge is 0.386 e. The molecule has 0 spiro atoms. The first-order valence-electron chi connectivity index (χ1n) is 7.25. The van der Waals surface area contributed by atoms with Gasteiger partial charge < -0.3 is 11.1 Å². The van der Waals surface area contributed by atoms with Crippen LogP contribution in [0.4, 0.5) is 0 Å². The Bertz CT molecular complexity index is 701. The van der Waals surface area contributed by atoms with Crippen molar-refractivity contribution in [3.05, 3.63) is 69.9 Å². The molecule has 23 heavy (non-hydrogen) atoms. The van der Waals surface area contributed by atoms with Gasteiger partial charge in [0.05, 0.1) is 12.2 Å². The molecule has 5 heteroatoms. The Hall–Kier alpha value is -1.78. The van der Waals surface area contributed by atoms with Crippen LogP contribution < -0.4 is 11.1 Å². The van der Waals surface area contributed by atoms with Crippen LogP contribution >= 0.6 is 27.5 Å². The molecule has 2 aromatic rings. The SMILES string of the molecule is C=C(N)NC(=O)Cc1c(Br)cccc1-c1cccc(Cl)c1.CC. The maximum absolute atomic E-state index is 11.9. The van der Waals surface area contributed by atoms with E-state index in [0.717, 1.165) is 21.2 Å². The highest BCUT2D eigenvalue weighted by Crippen LogP contribution is 2.31. The summed E-state index contributed by atoms with van der Waals surface area (Å²) < 4.78 is 0.859. The molecule has 0 atom stereocenters. The lowest BCUT2D eigenvalue weighted by molar-refractivity contribution is -0.119. The second-order valence-electron chi connectivity index (χ2n) is 4.53. The number of benzene rings is 2. The molecule has 0 heterocycles. The quantitative estimate of drug-likeness (QED) is 0.775. The minimum absolute atomic E-state index is 0.136. The number of rotatable bonds is 4. The van der Waals surface area contributed by atoms with Gasteiger partial charge in [0.25, 0.3) is 0 Å². The van der Waals surface area contributed by atoms with Crippen LogP contribution in [-0.4, -0.2) is 5.91 Å². The molecule has 0 fully saturated rings. The fourth-order valence-corrected chi connectivity index (χ4v) is 2.75. The molecule has 0 aliphatic carbocycles. The zero-order valence-corrected chi connectivity index (χ0v) is 15.5. The third-order valence-electron chi connectivity index (χ3n) is 2.89. The third-order valence-corrected chi connectivity index (χ3v) is 3.87. The molecule has 2 aromatic carbocycles. The number of carbonyl (C=O) groups is 1. The molecule has 0 saturated carbocycles. The highest BCUT2D eigenvalue weighted by molar-refractivity contribution is 9.10. The molecule has 3 nitrogen and oxygen atoms in total. The van der Waals surface area contributed by atoms with Gasteiger partial charge in [0.15, 0.2) is 0 Å². The smallest absolute Gasteiger partial charge is 0.229 e. The van der Waals surface area contributed by atoms with Crippen LogP contribution in [0.3, 0.4) is 0 Å². The van der Waals surface area contributed by atoms with E-state index in [1.165, 1.54) is 0 Å². The third kappa shape index (κ3) is 5.73. The molecule has 3 N–H and O–H groups in total. The number of nitrogens with one attached hydrogen (secondary N) is 1. The molecule has 1 amide bonds. The van der Waals surface area contributed by atoms with Crippen molar-refractivity contribution in [1.29, 1.82) is 0 Å². The Morgan fingerprint density at radius 2 is 1.91 bits per heavy atom. The first kappa shape index (κ1) is 19.3. The average molecular weight is 396 g/mol. The van der Waals surface area contributed by atoms with Crippen LogP contribution in [-0.2, 0) is 11.2 Å². The van der Waals surface area contributed by atoms with Gasteiger partial charge in [0, 0.05) is 9.50 Å². The summed E-state index contributed by atoms with van der Waals surface area (Å²) in [5.41, 5.74) is 8.18. The molecule has 0 saturated heterocycles. The standard InChI is InChI=1S/C16H14BrClN2O.C2H6/c1-10(19)20-16(21)9-14-13(6-3-7-15(14)17)11-4-2-5-12(18)8-11;1-2/h2-8H,1,9,19H2,(H,20,21);1-2H3. The molecule has 0 radical (unpaired) electrons. The minimum atomic E-state index is -0.210. The van der Waals surface area contributed by atoms with Gasteiger partial charge in [-0.1, -0.05) is 72.2 Å². The van der Waals surface area contributed by atoms with E-state index < -0.39 is 0 Å². The highest BCUT2D eigenvalue weighted by atomic mass is 79.9. The van der Waals surface area contributed by atoms with Crippen LogP contribution in [0.2, 0.25) is 5.02 Å². The van der Waals surface area contributed by atoms with Crippen LogP contribution in [0.5, 0.6) is 0 Å². The maximum atomic E-state index is 11.9. The van der Waals surface area contributed by atoms with Crippen LogP contribution in [0, 0.1) is 0 Å². The molecular weight excluding hydrogens is 376 g/mol. The van der Waals surface area contributed by atoms with E-state index in [0.29, 0.717) is 5.02 Å². The van der Waals surface area contributed by atoms with Crippen molar-refractivity contribution in [3.63, 3.8) is 0 Å². The second kappa shape index (κ2) is 9.38. The zero-order chi connectivity index (χ0) is 17.4. The number of hydrogen-bond acceptors (Lipinski definition) is 2. The van der Waals surface area contributed by atoms with E-state index >= 15 is 0 Å². The van der Waals surface area contributed by atoms with Crippen molar-refractivity contribution >= 4 is 33.4 Å². The van der Waals surface area contributed by atoms with Crippen molar-refractivity contribution in [3.8, 4) is 11.1 Å². The summed E-state index contributed by atoms with van der Waals surface area (Å²) in [6, 6.07) is 13.3. The van der Waals surface area contributed by atoms with Gasteiger partial charge in [-0.25, -0.2) is 0 Å². The van der Waals surface area contributed by atoms with Gasteiger partial charge in [-0.3, -0.25) is 4.79 Å². The van der Waals surface area contributed by atoms with Gasteiger partial charge in [0.1, 0.15) is 0 Å². The topological polar surface area (TPSA) is 55.1 Å². The maximum Gasteiger partial charge on any atom is 0.229 e. The summed E-state index contributed by atoms with van der Waals surface area (Å²) in [6.07, 6.45) is 0.194. The molecule has 0 unspecified atom stereocenters. The molecule has 0 aliphatic heterocycles. The van der Waals surface area contributed by atoms with E-state index in [9.17, 15) is 4.79 Å². The minimum Gasteiger partial charge on any atom is -0.386 e. The van der Waals surface area contributed by atoms with Crippen molar-refractivity contribution in [2.45, 2.75) is 20.3 Å². The molecule has 122 valence electrons. The van der Waals surface area contributed by atoms with E-state index in [1.807, 2.05) is 56.3 Å². The second-order valence-corrected chi connectivity index (χ2v) is 5.82. The molecule has 0 aromatic heterocycles. The monoisotopic (exact) mass is 394 g/mol. The van der Waals surface area contributed by atoms with E-state index in [-0.39, 0.29) is 18.1 Å².